The van der Waals surface area contributed by atoms with Crippen molar-refractivity contribution < 1.29 is 14.3 Å². The fourth-order valence-electron chi connectivity index (χ4n) is 1.63. The quantitative estimate of drug-likeness (QED) is 0.639. The summed E-state index contributed by atoms with van der Waals surface area (Å²) in [7, 11) is 1.61. The average molecular weight is 258 g/mol. The Morgan fingerprint density at radius 3 is 2.33 bits per heavy atom. The highest BCUT2D eigenvalue weighted by Crippen LogP contribution is 2.14. The standard InChI is InChI=1S/C13H26N2O3/c1-6-8-10(11(16)18-7-2)15-9-13(3,4)12(17)14-5/h10,15H,6-9H2,1-5H3,(H,14,17). The summed E-state index contributed by atoms with van der Waals surface area (Å²) in [4.78, 5) is 23.3. The average Bonchev–Trinajstić information content (AvgIpc) is 2.33. The Labute approximate surface area is 110 Å². The van der Waals surface area contributed by atoms with Crippen molar-refractivity contribution in [3.63, 3.8) is 0 Å². The topological polar surface area (TPSA) is 67.4 Å². The molecule has 5 nitrogen and oxygen atoms in total. The molecule has 0 aliphatic carbocycles. The lowest BCUT2D eigenvalue weighted by atomic mass is 9.92. The lowest BCUT2D eigenvalue weighted by Crippen LogP contribution is -2.47. The van der Waals surface area contributed by atoms with Crippen molar-refractivity contribution in [3.8, 4) is 0 Å². The first-order valence-corrected chi connectivity index (χ1v) is 6.51. The van der Waals surface area contributed by atoms with Crippen LogP contribution in [0, 0.1) is 5.41 Å². The molecule has 0 aliphatic heterocycles. The molecule has 0 saturated carbocycles. The number of esters is 1. The Balaban J connectivity index is 4.42. The van der Waals surface area contributed by atoms with Crippen molar-refractivity contribution in [2.75, 3.05) is 20.2 Å². The minimum atomic E-state index is -0.548. The van der Waals surface area contributed by atoms with Crippen molar-refractivity contribution in [2.24, 2.45) is 5.41 Å². The van der Waals surface area contributed by atoms with Crippen LogP contribution in [0.1, 0.15) is 40.5 Å². The lowest BCUT2D eigenvalue weighted by Gasteiger charge is -2.26. The van der Waals surface area contributed by atoms with E-state index in [2.05, 4.69) is 10.6 Å². The molecule has 0 aromatic heterocycles. The lowest BCUT2D eigenvalue weighted by molar-refractivity contribution is -0.146. The molecule has 1 amide bonds. The number of ether oxygens (including phenoxy) is 1. The van der Waals surface area contributed by atoms with Gasteiger partial charge in [-0.15, -0.1) is 0 Å². The number of rotatable bonds is 8. The van der Waals surface area contributed by atoms with Gasteiger partial charge in [-0.25, -0.2) is 0 Å². The zero-order chi connectivity index (χ0) is 14.2. The number of nitrogens with one attached hydrogen (secondary N) is 2. The second-order valence-electron chi connectivity index (χ2n) is 4.94. The van der Waals surface area contributed by atoms with Crippen molar-refractivity contribution in [2.45, 2.75) is 46.6 Å². The van der Waals surface area contributed by atoms with Gasteiger partial charge in [0.25, 0.3) is 0 Å². The molecule has 0 fully saturated rings. The Hall–Kier alpha value is -1.10. The summed E-state index contributed by atoms with van der Waals surface area (Å²) < 4.78 is 5.01. The summed E-state index contributed by atoms with van der Waals surface area (Å²) >= 11 is 0. The SMILES string of the molecule is CCCC(NCC(C)(C)C(=O)NC)C(=O)OCC. The summed E-state index contributed by atoms with van der Waals surface area (Å²) in [6.07, 6.45) is 1.60. The predicted molar refractivity (Wildman–Crippen MR) is 71.2 cm³/mol. The maximum absolute atomic E-state index is 11.7. The van der Waals surface area contributed by atoms with E-state index in [1.54, 1.807) is 14.0 Å². The number of hydrogen-bond donors (Lipinski definition) is 2. The molecule has 0 heterocycles. The molecule has 1 unspecified atom stereocenters. The smallest absolute Gasteiger partial charge is 0.323 e. The normalized spacial score (nSPS) is 12.9. The van der Waals surface area contributed by atoms with E-state index in [0.717, 1.165) is 6.42 Å². The fourth-order valence-corrected chi connectivity index (χ4v) is 1.63. The minimum absolute atomic E-state index is 0.0471. The van der Waals surface area contributed by atoms with E-state index in [0.29, 0.717) is 19.6 Å². The third kappa shape index (κ3) is 5.49. The number of carbonyl (C=O) groups is 2. The van der Waals surface area contributed by atoms with E-state index < -0.39 is 5.41 Å². The molecule has 0 aromatic carbocycles. The summed E-state index contributed by atoms with van der Waals surface area (Å²) in [5, 5.41) is 5.75. The van der Waals surface area contributed by atoms with Crippen molar-refractivity contribution >= 4 is 11.9 Å². The molecule has 1 atom stereocenters. The Morgan fingerprint density at radius 1 is 1.28 bits per heavy atom. The van der Waals surface area contributed by atoms with E-state index in [1.165, 1.54) is 0 Å². The largest absolute Gasteiger partial charge is 0.465 e. The first-order valence-electron chi connectivity index (χ1n) is 6.51. The monoisotopic (exact) mass is 258 g/mol. The summed E-state index contributed by atoms with van der Waals surface area (Å²) in [6, 6.07) is -0.334. The van der Waals surface area contributed by atoms with Crippen LogP contribution in [-0.4, -0.2) is 38.1 Å². The van der Waals surface area contributed by atoms with Gasteiger partial charge in [-0.3, -0.25) is 9.59 Å². The highest BCUT2D eigenvalue weighted by Gasteiger charge is 2.29. The second-order valence-corrected chi connectivity index (χ2v) is 4.94. The van der Waals surface area contributed by atoms with Gasteiger partial charge in [-0.2, -0.15) is 0 Å². The first-order chi connectivity index (χ1) is 8.38. The van der Waals surface area contributed by atoms with Gasteiger partial charge >= 0.3 is 5.97 Å². The van der Waals surface area contributed by atoms with Crippen molar-refractivity contribution in [1.29, 1.82) is 0 Å². The molecule has 106 valence electrons. The van der Waals surface area contributed by atoms with Gasteiger partial charge < -0.3 is 15.4 Å². The fraction of sp³-hybridized carbons (Fsp3) is 0.846. The van der Waals surface area contributed by atoms with Crippen LogP contribution in [-0.2, 0) is 14.3 Å². The van der Waals surface area contributed by atoms with Gasteiger partial charge in [-0.1, -0.05) is 13.3 Å². The van der Waals surface area contributed by atoms with Gasteiger partial charge in [0.15, 0.2) is 0 Å². The molecular formula is C13H26N2O3. The zero-order valence-corrected chi connectivity index (χ0v) is 12.1. The maximum Gasteiger partial charge on any atom is 0.323 e. The van der Waals surface area contributed by atoms with Crippen LogP contribution in [0.25, 0.3) is 0 Å². The third-order valence-corrected chi connectivity index (χ3v) is 2.78. The second kappa shape index (κ2) is 8.08. The zero-order valence-electron chi connectivity index (χ0n) is 12.1. The molecule has 0 aromatic rings. The maximum atomic E-state index is 11.7. The molecule has 2 N–H and O–H groups in total. The van der Waals surface area contributed by atoms with E-state index >= 15 is 0 Å². The van der Waals surface area contributed by atoms with Gasteiger partial charge in [-0.05, 0) is 27.2 Å². The molecule has 0 bridgehead atoms. The highest BCUT2D eigenvalue weighted by molar-refractivity contribution is 5.82. The number of hydrogen-bond acceptors (Lipinski definition) is 4. The van der Waals surface area contributed by atoms with Gasteiger partial charge in [0.05, 0.1) is 12.0 Å². The molecule has 0 rings (SSSR count). The van der Waals surface area contributed by atoms with E-state index in [9.17, 15) is 9.59 Å². The predicted octanol–water partition coefficient (Wildman–Crippen LogP) is 1.08. The van der Waals surface area contributed by atoms with Gasteiger partial charge in [0.1, 0.15) is 6.04 Å². The summed E-state index contributed by atoms with van der Waals surface area (Å²) in [5.74, 6) is -0.291. The Kier molecular flexibility index (Phi) is 7.59. The van der Waals surface area contributed by atoms with Crippen molar-refractivity contribution in [1.82, 2.24) is 10.6 Å². The third-order valence-electron chi connectivity index (χ3n) is 2.78. The Bertz CT molecular complexity index is 277. The van der Waals surface area contributed by atoms with Crippen LogP contribution in [0.15, 0.2) is 0 Å². The molecule has 0 radical (unpaired) electrons. The van der Waals surface area contributed by atoms with E-state index in [4.69, 9.17) is 4.74 Å². The summed E-state index contributed by atoms with van der Waals surface area (Å²) in [6.45, 7) is 8.29. The van der Waals surface area contributed by atoms with Crippen molar-refractivity contribution in [3.05, 3.63) is 0 Å². The summed E-state index contributed by atoms with van der Waals surface area (Å²) in [5.41, 5.74) is -0.548. The van der Waals surface area contributed by atoms with Crippen LogP contribution < -0.4 is 10.6 Å². The van der Waals surface area contributed by atoms with Crippen LogP contribution in [0.4, 0.5) is 0 Å². The van der Waals surface area contributed by atoms with Crippen LogP contribution in [0.3, 0.4) is 0 Å². The van der Waals surface area contributed by atoms with Crippen LogP contribution in [0.5, 0.6) is 0 Å². The first kappa shape index (κ1) is 16.9. The molecule has 5 heteroatoms. The molecule has 0 spiro atoms. The van der Waals surface area contributed by atoms with Crippen LogP contribution in [0.2, 0.25) is 0 Å². The van der Waals surface area contributed by atoms with Gasteiger partial charge in [0.2, 0.25) is 5.91 Å². The molecular weight excluding hydrogens is 232 g/mol. The van der Waals surface area contributed by atoms with Crippen LogP contribution >= 0.6 is 0 Å². The van der Waals surface area contributed by atoms with E-state index in [1.807, 2.05) is 20.8 Å². The Morgan fingerprint density at radius 2 is 1.89 bits per heavy atom. The molecule has 0 saturated heterocycles. The van der Waals surface area contributed by atoms with E-state index in [-0.39, 0.29) is 17.9 Å². The van der Waals surface area contributed by atoms with Gasteiger partial charge in [0, 0.05) is 13.6 Å². The molecule has 18 heavy (non-hydrogen) atoms. The highest BCUT2D eigenvalue weighted by atomic mass is 16.5. The number of carbonyl (C=O) groups excluding carboxylic acids is 2. The minimum Gasteiger partial charge on any atom is -0.465 e. The molecule has 0 aliphatic rings. The number of amides is 1.